The molecule has 0 radical (unpaired) electrons. The average molecular weight is 307 g/mol. The molecule has 116 valence electrons. The molecule has 1 aliphatic heterocycles. The maximum atomic E-state index is 12.0. The van der Waals surface area contributed by atoms with Gasteiger partial charge in [-0.3, -0.25) is 9.89 Å². The van der Waals surface area contributed by atoms with Crippen LogP contribution in [0.1, 0.15) is 6.42 Å². The topological polar surface area (TPSA) is 73.9 Å². The third-order valence-corrected chi connectivity index (χ3v) is 4.25. The average Bonchev–Trinajstić information content (AvgIpc) is 3.14. The van der Waals surface area contributed by atoms with Crippen LogP contribution in [0.25, 0.3) is 22.2 Å². The Morgan fingerprint density at radius 1 is 1.30 bits per heavy atom. The van der Waals surface area contributed by atoms with Crippen molar-refractivity contribution >= 4 is 22.6 Å². The van der Waals surface area contributed by atoms with E-state index in [4.69, 9.17) is 0 Å². The largest absolute Gasteiger partial charge is 0.358 e. The van der Waals surface area contributed by atoms with Crippen LogP contribution in [0.4, 0.5) is 5.82 Å². The van der Waals surface area contributed by atoms with Gasteiger partial charge >= 0.3 is 0 Å². The highest BCUT2D eigenvalue weighted by molar-refractivity contribution is 5.93. The minimum absolute atomic E-state index is 0.113. The first-order chi connectivity index (χ1) is 11.2. The number of likely N-dealkylation sites (tertiary alicyclic amines) is 1. The van der Waals surface area contributed by atoms with Crippen molar-refractivity contribution in [3.63, 3.8) is 0 Å². The molecule has 1 saturated heterocycles. The fourth-order valence-corrected chi connectivity index (χ4v) is 2.98. The van der Waals surface area contributed by atoms with E-state index in [1.165, 1.54) is 0 Å². The highest BCUT2D eigenvalue weighted by atomic mass is 16.2. The van der Waals surface area contributed by atoms with Gasteiger partial charge in [0.15, 0.2) is 0 Å². The third-order valence-electron chi connectivity index (χ3n) is 4.25. The number of amides is 1. The molecule has 3 heterocycles. The number of hydrogen-bond donors (Lipinski definition) is 2. The van der Waals surface area contributed by atoms with E-state index in [1.54, 1.807) is 11.1 Å². The van der Waals surface area contributed by atoms with E-state index in [2.05, 4.69) is 20.5 Å². The van der Waals surface area contributed by atoms with Gasteiger partial charge in [0.25, 0.3) is 0 Å². The highest BCUT2D eigenvalue weighted by Gasteiger charge is 2.29. The number of likely N-dealkylation sites (N-methyl/N-ethyl adjacent to an activating group) is 1. The molecular weight excluding hydrogens is 290 g/mol. The molecule has 0 spiro atoms. The van der Waals surface area contributed by atoms with Gasteiger partial charge in [-0.15, -0.1) is 0 Å². The molecule has 0 aliphatic carbocycles. The summed E-state index contributed by atoms with van der Waals surface area (Å²) in [5, 5.41) is 11.8. The third kappa shape index (κ3) is 2.42. The number of aromatic amines is 1. The van der Waals surface area contributed by atoms with Gasteiger partial charge in [-0.05, 0) is 24.6 Å². The number of aromatic nitrogens is 3. The molecule has 4 rings (SSSR count). The van der Waals surface area contributed by atoms with Crippen molar-refractivity contribution in [2.75, 3.05) is 18.9 Å². The fraction of sp³-hybridized carbons (Fsp3) is 0.235. The molecule has 23 heavy (non-hydrogen) atoms. The SMILES string of the molecule is CN1CCC(Nc2cc(-c3n[nH]c4ccccc34)ccn2)C1=O. The Bertz CT molecular complexity index is 872. The van der Waals surface area contributed by atoms with Crippen LogP contribution < -0.4 is 5.32 Å². The van der Waals surface area contributed by atoms with Crippen molar-refractivity contribution in [3.05, 3.63) is 42.6 Å². The number of rotatable bonds is 3. The number of nitrogens with one attached hydrogen (secondary N) is 2. The first-order valence-corrected chi connectivity index (χ1v) is 7.63. The summed E-state index contributed by atoms with van der Waals surface area (Å²) in [4.78, 5) is 18.1. The van der Waals surface area contributed by atoms with Crippen LogP contribution in [0.3, 0.4) is 0 Å². The zero-order valence-corrected chi connectivity index (χ0v) is 12.8. The van der Waals surface area contributed by atoms with Crippen LogP contribution in [-0.2, 0) is 4.79 Å². The number of para-hydroxylation sites is 1. The number of nitrogens with zero attached hydrogens (tertiary/aromatic N) is 3. The van der Waals surface area contributed by atoms with Gasteiger partial charge in [-0.25, -0.2) is 4.98 Å². The molecule has 1 atom stereocenters. The summed E-state index contributed by atoms with van der Waals surface area (Å²) in [6, 6.07) is 11.7. The molecule has 1 fully saturated rings. The van der Waals surface area contributed by atoms with E-state index >= 15 is 0 Å². The number of carbonyl (C=O) groups is 1. The van der Waals surface area contributed by atoms with Crippen molar-refractivity contribution in [1.29, 1.82) is 0 Å². The summed E-state index contributed by atoms with van der Waals surface area (Å²) in [5.41, 5.74) is 2.86. The number of hydrogen-bond acceptors (Lipinski definition) is 4. The van der Waals surface area contributed by atoms with Gasteiger partial charge in [0.1, 0.15) is 17.6 Å². The lowest BCUT2D eigenvalue weighted by atomic mass is 10.1. The zero-order chi connectivity index (χ0) is 15.8. The summed E-state index contributed by atoms with van der Waals surface area (Å²) >= 11 is 0. The highest BCUT2D eigenvalue weighted by Crippen LogP contribution is 2.27. The van der Waals surface area contributed by atoms with E-state index < -0.39 is 0 Å². The Hall–Kier alpha value is -2.89. The van der Waals surface area contributed by atoms with Crippen LogP contribution >= 0.6 is 0 Å². The van der Waals surface area contributed by atoms with Crippen LogP contribution in [0.15, 0.2) is 42.6 Å². The summed E-state index contributed by atoms with van der Waals surface area (Å²) < 4.78 is 0. The van der Waals surface area contributed by atoms with Gasteiger partial charge in [-0.1, -0.05) is 18.2 Å². The van der Waals surface area contributed by atoms with Crippen molar-refractivity contribution < 1.29 is 4.79 Å². The van der Waals surface area contributed by atoms with Crippen molar-refractivity contribution in [2.24, 2.45) is 0 Å². The predicted octanol–water partition coefficient (Wildman–Crippen LogP) is 2.27. The molecule has 3 aromatic rings. The van der Waals surface area contributed by atoms with Gasteiger partial charge in [0, 0.05) is 30.7 Å². The Balaban J connectivity index is 1.65. The van der Waals surface area contributed by atoms with Gasteiger partial charge in [0.2, 0.25) is 5.91 Å². The molecule has 2 aromatic heterocycles. The van der Waals surface area contributed by atoms with Crippen LogP contribution in [0.2, 0.25) is 0 Å². The van der Waals surface area contributed by atoms with Gasteiger partial charge in [-0.2, -0.15) is 5.10 Å². The fourth-order valence-electron chi connectivity index (χ4n) is 2.98. The van der Waals surface area contributed by atoms with Crippen molar-refractivity contribution in [1.82, 2.24) is 20.1 Å². The van der Waals surface area contributed by atoms with Crippen LogP contribution in [0, 0.1) is 0 Å². The first kappa shape index (κ1) is 13.8. The number of carbonyl (C=O) groups excluding carboxylic acids is 1. The van der Waals surface area contributed by atoms with Crippen LogP contribution in [0.5, 0.6) is 0 Å². The van der Waals surface area contributed by atoms with Crippen molar-refractivity contribution in [2.45, 2.75) is 12.5 Å². The maximum Gasteiger partial charge on any atom is 0.244 e. The Morgan fingerprint density at radius 2 is 2.17 bits per heavy atom. The lowest BCUT2D eigenvalue weighted by Crippen LogP contribution is -2.31. The molecular formula is C17H17N5O. The van der Waals surface area contributed by atoms with Crippen LogP contribution in [-0.4, -0.2) is 45.6 Å². The molecule has 1 aliphatic rings. The second kappa shape index (κ2) is 5.39. The van der Waals surface area contributed by atoms with E-state index in [0.29, 0.717) is 5.82 Å². The quantitative estimate of drug-likeness (QED) is 0.778. The summed E-state index contributed by atoms with van der Waals surface area (Å²) in [6.07, 6.45) is 2.54. The Morgan fingerprint density at radius 3 is 3.00 bits per heavy atom. The van der Waals surface area contributed by atoms with Gasteiger partial charge in [0.05, 0.1) is 5.52 Å². The molecule has 1 unspecified atom stereocenters. The predicted molar refractivity (Wildman–Crippen MR) is 89.0 cm³/mol. The summed E-state index contributed by atoms with van der Waals surface area (Å²) in [5.74, 6) is 0.811. The smallest absolute Gasteiger partial charge is 0.244 e. The number of benzene rings is 1. The summed E-state index contributed by atoms with van der Waals surface area (Å²) in [6.45, 7) is 0.778. The maximum absolute atomic E-state index is 12.0. The molecule has 0 saturated carbocycles. The second-order valence-electron chi connectivity index (χ2n) is 5.79. The zero-order valence-electron chi connectivity index (χ0n) is 12.8. The molecule has 2 N–H and O–H groups in total. The number of pyridine rings is 1. The molecule has 0 bridgehead atoms. The van der Waals surface area contributed by atoms with E-state index in [9.17, 15) is 4.79 Å². The minimum Gasteiger partial charge on any atom is -0.358 e. The lowest BCUT2D eigenvalue weighted by Gasteiger charge is -2.13. The van der Waals surface area contributed by atoms with E-state index in [0.717, 1.165) is 35.1 Å². The van der Waals surface area contributed by atoms with E-state index in [1.807, 2.05) is 43.4 Å². The lowest BCUT2D eigenvalue weighted by molar-refractivity contribution is -0.127. The van der Waals surface area contributed by atoms with Crippen molar-refractivity contribution in [3.8, 4) is 11.3 Å². The molecule has 6 heteroatoms. The van der Waals surface area contributed by atoms with Gasteiger partial charge < -0.3 is 10.2 Å². The number of anilines is 1. The molecule has 1 aromatic carbocycles. The number of fused-ring (bicyclic) bond motifs is 1. The molecule has 1 amide bonds. The van der Waals surface area contributed by atoms with E-state index in [-0.39, 0.29) is 11.9 Å². The normalized spacial score (nSPS) is 17.9. The molecule has 6 nitrogen and oxygen atoms in total. The second-order valence-corrected chi connectivity index (χ2v) is 5.79. The number of H-pyrrole nitrogens is 1. The summed E-state index contributed by atoms with van der Waals surface area (Å²) in [7, 11) is 1.82. The standard InChI is InChI=1S/C17H17N5O/c1-22-9-7-14(17(22)23)19-15-10-11(6-8-18-15)16-12-4-2-3-5-13(12)20-21-16/h2-6,8,10,14H,7,9H2,1H3,(H,18,19)(H,20,21). The minimum atomic E-state index is -0.196. The Kier molecular flexibility index (Phi) is 3.22. The first-order valence-electron chi connectivity index (χ1n) is 7.63. The Labute approximate surface area is 133 Å². The monoisotopic (exact) mass is 307 g/mol.